The molecule has 0 atom stereocenters. The average Bonchev–Trinajstić information content (AvgIpc) is 2.84. The lowest BCUT2D eigenvalue weighted by Gasteiger charge is -2.15. The normalized spacial score (nSPS) is 10.3. The Hall–Kier alpha value is -4.12. The Morgan fingerprint density at radius 3 is 2.24 bits per heavy atom. The zero-order valence-corrected chi connectivity index (χ0v) is 20.2. The van der Waals surface area contributed by atoms with E-state index in [4.69, 9.17) is 26.4 Å². The topological polar surface area (TPSA) is 127 Å². The number of aryl methyl sites for hydroxylation is 1. The van der Waals surface area contributed by atoms with Crippen molar-refractivity contribution in [2.45, 2.75) is 6.92 Å². The van der Waals surface area contributed by atoms with Crippen LogP contribution in [0.3, 0.4) is 0 Å². The number of anilines is 3. The number of nitrogens with one attached hydrogen (secondary N) is 4. The van der Waals surface area contributed by atoms with Crippen molar-refractivity contribution in [3.63, 3.8) is 0 Å². The Balaban J connectivity index is 1.85. The van der Waals surface area contributed by atoms with Gasteiger partial charge in [-0.2, -0.15) is 0 Å². The number of hydrogen-bond acceptors (Lipinski definition) is 8. The SMILES string of the molecule is CNc1[nH]c(=S)ncc1C(=O)Nc1cc(NC(=O)c2cc(OC)c(OC)c(OC)c2)ccc1C. The number of methoxy groups -OCH3 is 3. The van der Waals surface area contributed by atoms with E-state index >= 15 is 0 Å². The van der Waals surface area contributed by atoms with Crippen molar-refractivity contribution < 1.29 is 23.8 Å². The molecule has 0 unspecified atom stereocenters. The molecule has 0 aliphatic carbocycles. The third kappa shape index (κ3) is 5.26. The molecule has 0 saturated carbocycles. The largest absolute Gasteiger partial charge is 0.493 e. The van der Waals surface area contributed by atoms with Crippen LogP contribution in [0.25, 0.3) is 0 Å². The summed E-state index contributed by atoms with van der Waals surface area (Å²) in [6, 6.07) is 8.30. The highest BCUT2D eigenvalue weighted by Crippen LogP contribution is 2.38. The molecule has 3 aromatic rings. The van der Waals surface area contributed by atoms with Crippen LogP contribution in [0.2, 0.25) is 0 Å². The summed E-state index contributed by atoms with van der Waals surface area (Å²) in [6.45, 7) is 1.84. The van der Waals surface area contributed by atoms with Gasteiger partial charge in [0.25, 0.3) is 11.8 Å². The van der Waals surface area contributed by atoms with Crippen LogP contribution in [0.5, 0.6) is 17.2 Å². The van der Waals surface area contributed by atoms with Gasteiger partial charge in [0.05, 0.1) is 26.9 Å². The highest BCUT2D eigenvalue weighted by molar-refractivity contribution is 7.71. The van der Waals surface area contributed by atoms with Gasteiger partial charge in [-0.25, -0.2) is 4.98 Å². The second kappa shape index (κ2) is 10.7. The number of H-pyrrole nitrogens is 1. The summed E-state index contributed by atoms with van der Waals surface area (Å²) in [5.41, 5.74) is 2.42. The van der Waals surface area contributed by atoms with Gasteiger partial charge in [-0.05, 0) is 49.0 Å². The van der Waals surface area contributed by atoms with Crippen LogP contribution in [0.15, 0.2) is 36.5 Å². The molecule has 2 aromatic carbocycles. The van der Waals surface area contributed by atoms with Gasteiger partial charge in [0.15, 0.2) is 16.3 Å². The molecule has 11 heteroatoms. The van der Waals surface area contributed by atoms with Crippen LogP contribution in [0, 0.1) is 11.7 Å². The van der Waals surface area contributed by atoms with Crippen LogP contribution >= 0.6 is 12.2 Å². The monoisotopic (exact) mass is 483 g/mol. The first-order valence-electron chi connectivity index (χ1n) is 10.1. The Labute approximate surface area is 201 Å². The molecule has 1 aromatic heterocycles. The van der Waals surface area contributed by atoms with Crippen molar-refractivity contribution in [3.05, 3.63) is 58.0 Å². The summed E-state index contributed by atoms with van der Waals surface area (Å²) in [5, 5.41) is 8.56. The smallest absolute Gasteiger partial charge is 0.260 e. The third-order valence-electron chi connectivity index (χ3n) is 4.98. The maximum absolute atomic E-state index is 12.9. The number of ether oxygens (including phenoxy) is 3. The molecule has 0 fully saturated rings. The van der Waals surface area contributed by atoms with Gasteiger partial charge in [-0.15, -0.1) is 0 Å². The summed E-state index contributed by atoms with van der Waals surface area (Å²) in [4.78, 5) is 32.6. The standard InChI is InChI=1S/C23H25N5O5S/c1-12-6-7-14(10-16(12)27-22(30)15-11-25-23(34)28-20(15)24-2)26-21(29)13-8-17(31-3)19(33-5)18(9-13)32-4/h6-11H,1-5H3,(H,26,29)(H,27,30)(H2,24,25,28,34). The van der Waals surface area contributed by atoms with Crippen molar-refractivity contribution in [1.29, 1.82) is 0 Å². The fourth-order valence-electron chi connectivity index (χ4n) is 3.20. The van der Waals surface area contributed by atoms with Crippen LogP contribution in [-0.2, 0) is 0 Å². The minimum atomic E-state index is -0.391. The Morgan fingerprint density at radius 2 is 1.65 bits per heavy atom. The highest BCUT2D eigenvalue weighted by atomic mass is 32.1. The molecule has 1 heterocycles. The number of rotatable bonds is 8. The molecule has 0 bridgehead atoms. The van der Waals surface area contributed by atoms with Gasteiger partial charge in [0.2, 0.25) is 5.75 Å². The molecule has 0 spiro atoms. The predicted molar refractivity (Wildman–Crippen MR) is 132 cm³/mol. The first-order chi connectivity index (χ1) is 16.3. The molecule has 0 radical (unpaired) electrons. The number of nitrogens with zero attached hydrogens (tertiary/aromatic N) is 1. The summed E-state index contributed by atoms with van der Waals surface area (Å²) in [5.74, 6) is 0.775. The number of benzene rings is 2. The van der Waals surface area contributed by atoms with E-state index in [-0.39, 0.29) is 10.7 Å². The fraction of sp³-hybridized carbons (Fsp3) is 0.217. The Kier molecular flexibility index (Phi) is 7.69. The first-order valence-corrected chi connectivity index (χ1v) is 10.5. The minimum absolute atomic E-state index is 0.258. The average molecular weight is 484 g/mol. The zero-order chi connectivity index (χ0) is 24.8. The van der Waals surface area contributed by atoms with E-state index in [1.54, 1.807) is 37.4 Å². The molecule has 178 valence electrons. The number of aromatic nitrogens is 2. The van der Waals surface area contributed by atoms with E-state index in [2.05, 4.69) is 25.9 Å². The van der Waals surface area contributed by atoms with Crippen LogP contribution < -0.4 is 30.2 Å². The minimum Gasteiger partial charge on any atom is -0.493 e. The molecule has 4 N–H and O–H groups in total. The highest BCUT2D eigenvalue weighted by Gasteiger charge is 2.18. The molecule has 2 amide bonds. The van der Waals surface area contributed by atoms with E-state index in [0.717, 1.165) is 5.56 Å². The van der Waals surface area contributed by atoms with Gasteiger partial charge in [-0.1, -0.05) is 6.07 Å². The van der Waals surface area contributed by atoms with Crippen LogP contribution in [-0.4, -0.2) is 50.2 Å². The van der Waals surface area contributed by atoms with E-state index in [9.17, 15) is 9.59 Å². The lowest BCUT2D eigenvalue weighted by Crippen LogP contribution is -2.17. The summed E-state index contributed by atoms with van der Waals surface area (Å²) in [7, 11) is 6.11. The maximum atomic E-state index is 12.9. The quantitative estimate of drug-likeness (QED) is 0.354. The van der Waals surface area contributed by atoms with Gasteiger partial charge in [0.1, 0.15) is 5.82 Å². The van der Waals surface area contributed by atoms with E-state index in [1.165, 1.54) is 27.5 Å². The summed E-state index contributed by atoms with van der Waals surface area (Å²) >= 11 is 5.00. The molecule has 3 rings (SSSR count). The number of hydrogen-bond donors (Lipinski definition) is 4. The molecular weight excluding hydrogens is 458 g/mol. The van der Waals surface area contributed by atoms with Gasteiger partial charge >= 0.3 is 0 Å². The van der Waals surface area contributed by atoms with Crippen molar-refractivity contribution in [2.24, 2.45) is 0 Å². The zero-order valence-electron chi connectivity index (χ0n) is 19.4. The van der Waals surface area contributed by atoms with Crippen LogP contribution in [0.4, 0.5) is 17.2 Å². The second-order valence-electron chi connectivity index (χ2n) is 7.08. The van der Waals surface area contributed by atoms with Gasteiger partial charge in [0, 0.05) is 30.2 Å². The number of carbonyl (C=O) groups is 2. The molecule has 0 aliphatic heterocycles. The van der Waals surface area contributed by atoms with E-state index in [1.807, 2.05) is 6.92 Å². The predicted octanol–water partition coefficient (Wildman–Crippen LogP) is 4.02. The molecular formula is C23H25N5O5S. The first kappa shape index (κ1) is 24.5. The van der Waals surface area contributed by atoms with Gasteiger partial charge in [-0.3, -0.25) is 9.59 Å². The number of carbonyl (C=O) groups excluding carboxylic acids is 2. The maximum Gasteiger partial charge on any atom is 0.260 e. The molecule has 10 nitrogen and oxygen atoms in total. The number of aromatic amines is 1. The lowest BCUT2D eigenvalue weighted by atomic mass is 10.1. The van der Waals surface area contributed by atoms with Crippen LogP contribution in [0.1, 0.15) is 26.3 Å². The van der Waals surface area contributed by atoms with Crippen molar-refractivity contribution in [3.8, 4) is 17.2 Å². The van der Waals surface area contributed by atoms with Crippen molar-refractivity contribution in [1.82, 2.24) is 9.97 Å². The Morgan fingerprint density at radius 1 is 0.971 bits per heavy atom. The summed E-state index contributed by atoms with van der Waals surface area (Å²) in [6.07, 6.45) is 1.39. The molecule has 0 saturated heterocycles. The van der Waals surface area contributed by atoms with E-state index < -0.39 is 5.91 Å². The van der Waals surface area contributed by atoms with Crippen molar-refractivity contribution in [2.75, 3.05) is 44.3 Å². The second-order valence-corrected chi connectivity index (χ2v) is 7.47. The molecule has 0 aliphatic rings. The lowest BCUT2D eigenvalue weighted by molar-refractivity contribution is 0.101. The van der Waals surface area contributed by atoms with Gasteiger partial charge < -0.3 is 35.1 Å². The van der Waals surface area contributed by atoms with E-state index in [0.29, 0.717) is 45.6 Å². The fourth-order valence-corrected chi connectivity index (χ4v) is 3.36. The third-order valence-corrected chi connectivity index (χ3v) is 5.18. The molecule has 34 heavy (non-hydrogen) atoms. The number of amides is 2. The Bertz CT molecular complexity index is 1270. The van der Waals surface area contributed by atoms with Crippen molar-refractivity contribution >= 4 is 41.2 Å². The summed E-state index contributed by atoms with van der Waals surface area (Å²) < 4.78 is 16.2.